The number of piperazine rings is 1. The molecular formula is C16H22FIN6O. The number of rotatable bonds is 3. The molecule has 25 heavy (non-hydrogen) atoms. The van der Waals surface area contributed by atoms with Crippen LogP contribution in [0.25, 0.3) is 0 Å². The van der Waals surface area contributed by atoms with E-state index >= 15 is 0 Å². The zero-order valence-electron chi connectivity index (χ0n) is 14.3. The summed E-state index contributed by atoms with van der Waals surface area (Å²) in [6.07, 6.45) is 0. The minimum absolute atomic E-state index is 0. The molecule has 1 saturated heterocycles. The van der Waals surface area contributed by atoms with Crippen LogP contribution < -0.4 is 10.2 Å². The van der Waals surface area contributed by atoms with Crippen LogP contribution in [0.1, 0.15) is 11.7 Å². The van der Waals surface area contributed by atoms with E-state index < -0.39 is 0 Å². The average Bonchev–Trinajstić information content (AvgIpc) is 3.02. The van der Waals surface area contributed by atoms with Crippen molar-refractivity contribution in [3.63, 3.8) is 0 Å². The van der Waals surface area contributed by atoms with Crippen molar-refractivity contribution in [2.45, 2.75) is 13.5 Å². The summed E-state index contributed by atoms with van der Waals surface area (Å²) in [6, 6.07) is 6.88. The van der Waals surface area contributed by atoms with Gasteiger partial charge in [0.1, 0.15) is 5.82 Å². The molecule has 136 valence electrons. The number of hydrogen-bond donors (Lipinski definition) is 1. The number of aliphatic imine (C=N–C) groups is 1. The molecule has 1 N–H and O–H groups in total. The quantitative estimate of drug-likeness (QED) is 0.430. The van der Waals surface area contributed by atoms with Crippen molar-refractivity contribution in [3.8, 4) is 0 Å². The zero-order valence-corrected chi connectivity index (χ0v) is 16.6. The molecule has 0 atom stereocenters. The minimum Gasteiger partial charge on any atom is -0.366 e. The molecular weight excluding hydrogens is 438 g/mol. The number of aryl methyl sites for hydroxylation is 1. The molecule has 9 heteroatoms. The number of nitrogens with one attached hydrogen (secondary N) is 1. The van der Waals surface area contributed by atoms with E-state index in [9.17, 15) is 4.39 Å². The fraction of sp³-hybridized carbons (Fsp3) is 0.438. The van der Waals surface area contributed by atoms with Gasteiger partial charge in [-0.05, 0) is 19.1 Å². The predicted molar refractivity (Wildman–Crippen MR) is 105 cm³/mol. The fourth-order valence-corrected chi connectivity index (χ4v) is 2.77. The van der Waals surface area contributed by atoms with Crippen LogP contribution in [0.4, 0.5) is 10.1 Å². The Labute approximate surface area is 163 Å². The van der Waals surface area contributed by atoms with Gasteiger partial charge < -0.3 is 19.6 Å². The molecule has 2 heterocycles. The highest BCUT2D eigenvalue weighted by Crippen LogP contribution is 2.20. The second-order valence-electron chi connectivity index (χ2n) is 5.56. The molecule has 1 aliphatic heterocycles. The van der Waals surface area contributed by atoms with Gasteiger partial charge >= 0.3 is 0 Å². The SMILES string of the molecule is CN=C(NCc1nc(C)no1)N1CCN(c2ccccc2F)CC1.I. The smallest absolute Gasteiger partial charge is 0.246 e. The highest BCUT2D eigenvalue weighted by molar-refractivity contribution is 14.0. The van der Waals surface area contributed by atoms with Crippen LogP contribution >= 0.6 is 24.0 Å². The van der Waals surface area contributed by atoms with Gasteiger partial charge in [0.05, 0.1) is 12.2 Å². The molecule has 0 unspecified atom stereocenters. The van der Waals surface area contributed by atoms with Gasteiger partial charge in [-0.15, -0.1) is 24.0 Å². The summed E-state index contributed by atoms with van der Waals surface area (Å²) in [5.74, 6) is 1.73. The molecule has 1 aliphatic rings. The summed E-state index contributed by atoms with van der Waals surface area (Å²) in [6.45, 7) is 5.21. The summed E-state index contributed by atoms with van der Waals surface area (Å²) >= 11 is 0. The number of benzene rings is 1. The molecule has 0 saturated carbocycles. The van der Waals surface area contributed by atoms with Crippen LogP contribution in [0.3, 0.4) is 0 Å². The largest absolute Gasteiger partial charge is 0.366 e. The number of para-hydroxylation sites is 1. The number of aromatic nitrogens is 2. The molecule has 7 nitrogen and oxygen atoms in total. The van der Waals surface area contributed by atoms with Gasteiger partial charge in [0.25, 0.3) is 0 Å². The Morgan fingerprint density at radius 2 is 2.00 bits per heavy atom. The maximum Gasteiger partial charge on any atom is 0.246 e. The van der Waals surface area contributed by atoms with Crippen LogP contribution in [-0.4, -0.2) is 54.2 Å². The van der Waals surface area contributed by atoms with Gasteiger partial charge in [-0.1, -0.05) is 17.3 Å². The number of nitrogens with zero attached hydrogens (tertiary/aromatic N) is 5. The number of hydrogen-bond acceptors (Lipinski definition) is 5. The molecule has 1 fully saturated rings. The Bertz CT molecular complexity index is 714. The highest BCUT2D eigenvalue weighted by atomic mass is 127. The second kappa shape index (κ2) is 8.97. The third-order valence-electron chi connectivity index (χ3n) is 3.95. The number of guanidine groups is 1. The van der Waals surface area contributed by atoms with E-state index in [2.05, 4.69) is 30.2 Å². The first-order valence-corrected chi connectivity index (χ1v) is 7.91. The Hall–Kier alpha value is -1.91. The number of halogens is 2. The molecule has 0 radical (unpaired) electrons. The minimum atomic E-state index is -0.180. The predicted octanol–water partition coefficient (Wildman–Crippen LogP) is 2.03. The van der Waals surface area contributed by atoms with Crippen LogP contribution in [0.2, 0.25) is 0 Å². The topological polar surface area (TPSA) is 69.8 Å². The second-order valence-corrected chi connectivity index (χ2v) is 5.56. The summed E-state index contributed by atoms with van der Waals surface area (Å²) in [5.41, 5.74) is 0.654. The van der Waals surface area contributed by atoms with Crippen LogP contribution in [0.15, 0.2) is 33.8 Å². The van der Waals surface area contributed by atoms with Crippen molar-refractivity contribution < 1.29 is 8.91 Å². The van der Waals surface area contributed by atoms with Crippen molar-refractivity contribution >= 4 is 35.6 Å². The van der Waals surface area contributed by atoms with Gasteiger partial charge in [0, 0.05) is 33.2 Å². The average molecular weight is 460 g/mol. The van der Waals surface area contributed by atoms with E-state index in [0.29, 0.717) is 23.9 Å². The van der Waals surface area contributed by atoms with Gasteiger partial charge in [0.15, 0.2) is 11.8 Å². The fourth-order valence-electron chi connectivity index (χ4n) is 2.77. The lowest BCUT2D eigenvalue weighted by Gasteiger charge is -2.37. The summed E-state index contributed by atoms with van der Waals surface area (Å²) < 4.78 is 19.0. The van der Waals surface area contributed by atoms with Crippen molar-refractivity contribution in [2.24, 2.45) is 4.99 Å². The lowest BCUT2D eigenvalue weighted by Crippen LogP contribution is -2.52. The van der Waals surface area contributed by atoms with Crippen LogP contribution in [-0.2, 0) is 6.54 Å². The summed E-state index contributed by atoms with van der Waals surface area (Å²) in [7, 11) is 1.74. The van der Waals surface area contributed by atoms with E-state index in [1.54, 1.807) is 20.0 Å². The monoisotopic (exact) mass is 460 g/mol. The molecule has 1 aromatic carbocycles. The molecule has 3 rings (SSSR count). The van der Waals surface area contributed by atoms with E-state index in [-0.39, 0.29) is 29.8 Å². The molecule has 0 bridgehead atoms. The number of anilines is 1. The van der Waals surface area contributed by atoms with Crippen LogP contribution in [0.5, 0.6) is 0 Å². The Kier molecular flexibility index (Phi) is 6.97. The van der Waals surface area contributed by atoms with E-state index in [0.717, 1.165) is 32.1 Å². The van der Waals surface area contributed by atoms with Crippen molar-refractivity contribution in [1.82, 2.24) is 20.4 Å². The first-order chi connectivity index (χ1) is 11.7. The van der Waals surface area contributed by atoms with Gasteiger partial charge in [0.2, 0.25) is 5.89 Å². The maximum atomic E-state index is 13.9. The lowest BCUT2D eigenvalue weighted by atomic mass is 10.2. The molecule has 1 aromatic heterocycles. The van der Waals surface area contributed by atoms with Crippen molar-refractivity contribution in [1.29, 1.82) is 0 Å². The van der Waals surface area contributed by atoms with E-state index in [1.165, 1.54) is 6.07 Å². The van der Waals surface area contributed by atoms with E-state index in [4.69, 9.17) is 4.52 Å². The van der Waals surface area contributed by atoms with Crippen molar-refractivity contribution in [3.05, 3.63) is 41.8 Å². The third-order valence-corrected chi connectivity index (χ3v) is 3.95. The third kappa shape index (κ3) is 4.80. The molecule has 0 spiro atoms. The normalized spacial score (nSPS) is 15.1. The zero-order chi connectivity index (χ0) is 16.9. The molecule has 0 amide bonds. The molecule has 0 aliphatic carbocycles. The van der Waals surface area contributed by atoms with Crippen LogP contribution in [0, 0.1) is 12.7 Å². The van der Waals surface area contributed by atoms with Gasteiger partial charge in [-0.25, -0.2) is 4.39 Å². The Morgan fingerprint density at radius 1 is 1.28 bits per heavy atom. The first-order valence-electron chi connectivity index (χ1n) is 7.91. The Balaban J connectivity index is 0.00000225. The van der Waals surface area contributed by atoms with E-state index in [1.807, 2.05) is 12.1 Å². The highest BCUT2D eigenvalue weighted by Gasteiger charge is 2.21. The van der Waals surface area contributed by atoms with Gasteiger partial charge in [-0.2, -0.15) is 4.98 Å². The maximum absolute atomic E-state index is 13.9. The van der Waals surface area contributed by atoms with Gasteiger partial charge in [-0.3, -0.25) is 4.99 Å². The Morgan fingerprint density at radius 3 is 2.60 bits per heavy atom. The standard InChI is InChI=1S/C16H21FN6O.HI/c1-12-20-15(24-21-12)11-19-16(18-2)23-9-7-22(8-10-23)14-6-4-3-5-13(14)17;/h3-6H,7-11H2,1-2H3,(H,18,19);1H. The first kappa shape index (κ1) is 19.4. The molecule has 2 aromatic rings. The summed E-state index contributed by atoms with van der Waals surface area (Å²) in [4.78, 5) is 12.7. The lowest BCUT2D eigenvalue weighted by molar-refractivity contribution is 0.353. The summed E-state index contributed by atoms with van der Waals surface area (Å²) in [5, 5.41) is 6.98. The van der Waals surface area contributed by atoms with Crippen molar-refractivity contribution in [2.75, 3.05) is 38.1 Å².